The van der Waals surface area contributed by atoms with Gasteiger partial charge in [-0.2, -0.15) is 0 Å². The Kier molecular flexibility index (Phi) is 6.15. The molecular formula is C26H24N4O5. The van der Waals surface area contributed by atoms with Crippen LogP contribution in [0.1, 0.15) is 38.0 Å². The van der Waals surface area contributed by atoms with Crippen LogP contribution in [-0.4, -0.2) is 55.6 Å². The minimum atomic E-state index is -0.473. The Morgan fingerprint density at radius 1 is 1.03 bits per heavy atom. The molecule has 2 aromatic carbocycles. The van der Waals surface area contributed by atoms with E-state index < -0.39 is 17.7 Å². The van der Waals surface area contributed by atoms with Gasteiger partial charge in [-0.1, -0.05) is 0 Å². The highest BCUT2D eigenvalue weighted by atomic mass is 16.5. The van der Waals surface area contributed by atoms with Gasteiger partial charge in [-0.25, -0.2) is 9.88 Å². The molecule has 0 bridgehead atoms. The molecule has 35 heavy (non-hydrogen) atoms. The quantitative estimate of drug-likeness (QED) is 0.549. The smallest absolute Gasteiger partial charge is 0.266 e. The average Bonchev–Trinajstić information content (AvgIpc) is 3.15. The number of nitrogens with one attached hydrogen (secondary N) is 1. The summed E-state index contributed by atoms with van der Waals surface area (Å²) in [6, 6.07) is 14.8. The zero-order valence-electron chi connectivity index (χ0n) is 19.2. The molecule has 2 aliphatic rings. The summed E-state index contributed by atoms with van der Waals surface area (Å²) in [5.74, 6) is 0.0224. The first-order chi connectivity index (χ1) is 17.1. The lowest BCUT2D eigenvalue weighted by Gasteiger charge is -2.29. The standard InChI is InChI=1S/C26H24N4O5/c1-2-35-19-8-6-18(7-9-19)30-25(32)20-10-5-17(16-21(20)26(30)33)24(31)28-22-4-3-11-27-23(22)29-12-14-34-15-13-29/h3-11,16H,2,12-15H2,1H3,(H,28,31). The van der Waals surface area contributed by atoms with Crippen molar-refractivity contribution in [2.75, 3.05) is 48.0 Å². The van der Waals surface area contributed by atoms with Crippen molar-refractivity contribution >= 4 is 34.9 Å². The number of ether oxygens (including phenoxy) is 2. The fourth-order valence-corrected chi connectivity index (χ4v) is 4.19. The van der Waals surface area contributed by atoms with Crippen molar-refractivity contribution in [2.45, 2.75) is 6.92 Å². The van der Waals surface area contributed by atoms with Gasteiger partial charge in [-0.15, -0.1) is 0 Å². The van der Waals surface area contributed by atoms with Crippen molar-refractivity contribution in [1.82, 2.24) is 4.98 Å². The summed E-state index contributed by atoms with van der Waals surface area (Å²) in [6.07, 6.45) is 1.68. The fourth-order valence-electron chi connectivity index (χ4n) is 4.19. The second-order valence-electron chi connectivity index (χ2n) is 8.06. The monoisotopic (exact) mass is 472 g/mol. The Balaban J connectivity index is 1.37. The summed E-state index contributed by atoms with van der Waals surface area (Å²) in [7, 11) is 0. The average molecular weight is 473 g/mol. The lowest BCUT2D eigenvalue weighted by molar-refractivity contribution is 0.0925. The second-order valence-corrected chi connectivity index (χ2v) is 8.06. The number of hydrogen-bond donors (Lipinski definition) is 1. The number of hydrogen-bond acceptors (Lipinski definition) is 7. The molecule has 0 saturated carbocycles. The van der Waals surface area contributed by atoms with Gasteiger partial charge in [0.2, 0.25) is 0 Å². The van der Waals surface area contributed by atoms with Gasteiger partial charge in [0.05, 0.1) is 42.3 Å². The van der Waals surface area contributed by atoms with Crippen molar-refractivity contribution in [3.8, 4) is 5.75 Å². The van der Waals surface area contributed by atoms with E-state index in [1.807, 2.05) is 6.92 Å². The third-order valence-corrected chi connectivity index (χ3v) is 5.90. The SMILES string of the molecule is CCOc1ccc(N2C(=O)c3ccc(C(=O)Nc4cccnc4N4CCOCC4)cc3C2=O)cc1. The molecule has 9 nitrogen and oxygen atoms in total. The number of benzene rings is 2. The Labute approximate surface area is 202 Å². The first kappa shape index (κ1) is 22.5. The molecular weight excluding hydrogens is 448 g/mol. The number of morpholine rings is 1. The Morgan fingerprint density at radius 3 is 2.51 bits per heavy atom. The number of rotatable bonds is 6. The number of amides is 3. The third kappa shape index (κ3) is 4.33. The Bertz CT molecular complexity index is 1290. The number of aromatic nitrogens is 1. The van der Waals surface area contributed by atoms with E-state index in [2.05, 4.69) is 15.2 Å². The maximum atomic E-state index is 13.1. The maximum Gasteiger partial charge on any atom is 0.266 e. The Morgan fingerprint density at radius 2 is 1.77 bits per heavy atom. The highest BCUT2D eigenvalue weighted by Gasteiger charge is 2.37. The van der Waals surface area contributed by atoms with E-state index in [1.165, 1.54) is 12.1 Å². The number of imide groups is 1. The van der Waals surface area contributed by atoms with E-state index in [0.717, 1.165) is 4.90 Å². The number of carbonyl (C=O) groups is 3. The predicted molar refractivity (Wildman–Crippen MR) is 130 cm³/mol. The van der Waals surface area contributed by atoms with E-state index in [4.69, 9.17) is 9.47 Å². The molecule has 3 aromatic rings. The highest BCUT2D eigenvalue weighted by Crippen LogP contribution is 2.31. The Hall–Kier alpha value is -4.24. The van der Waals surface area contributed by atoms with Gasteiger partial charge in [-0.3, -0.25) is 14.4 Å². The lowest BCUT2D eigenvalue weighted by Crippen LogP contribution is -2.37. The number of fused-ring (bicyclic) bond motifs is 1. The van der Waals surface area contributed by atoms with E-state index in [1.54, 1.807) is 48.7 Å². The maximum absolute atomic E-state index is 13.1. The number of anilines is 3. The third-order valence-electron chi connectivity index (χ3n) is 5.90. The molecule has 0 unspecified atom stereocenters. The molecule has 2 aliphatic heterocycles. The minimum Gasteiger partial charge on any atom is -0.494 e. The highest BCUT2D eigenvalue weighted by molar-refractivity contribution is 6.34. The van der Waals surface area contributed by atoms with Crippen molar-refractivity contribution in [3.63, 3.8) is 0 Å². The molecule has 178 valence electrons. The molecule has 1 aromatic heterocycles. The largest absolute Gasteiger partial charge is 0.494 e. The zero-order chi connectivity index (χ0) is 24.4. The van der Waals surface area contributed by atoms with Crippen LogP contribution in [0.15, 0.2) is 60.8 Å². The van der Waals surface area contributed by atoms with Gasteiger partial charge >= 0.3 is 0 Å². The second kappa shape index (κ2) is 9.55. The lowest BCUT2D eigenvalue weighted by atomic mass is 10.1. The van der Waals surface area contributed by atoms with Crippen LogP contribution in [0.3, 0.4) is 0 Å². The summed E-state index contributed by atoms with van der Waals surface area (Å²) < 4.78 is 10.8. The van der Waals surface area contributed by atoms with Crippen molar-refractivity contribution in [2.24, 2.45) is 0 Å². The van der Waals surface area contributed by atoms with Crippen LogP contribution in [0.5, 0.6) is 5.75 Å². The van der Waals surface area contributed by atoms with Crippen LogP contribution < -0.4 is 19.9 Å². The van der Waals surface area contributed by atoms with E-state index in [0.29, 0.717) is 55.9 Å². The molecule has 1 N–H and O–H groups in total. The van der Waals surface area contributed by atoms with Crippen LogP contribution in [0.25, 0.3) is 0 Å². The molecule has 0 atom stereocenters. The minimum absolute atomic E-state index is 0.191. The topological polar surface area (TPSA) is 101 Å². The van der Waals surface area contributed by atoms with Gasteiger partial charge in [0, 0.05) is 24.8 Å². The van der Waals surface area contributed by atoms with Gasteiger partial charge in [0.25, 0.3) is 17.7 Å². The molecule has 1 saturated heterocycles. The first-order valence-electron chi connectivity index (χ1n) is 11.4. The van der Waals surface area contributed by atoms with Gasteiger partial charge in [0.15, 0.2) is 5.82 Å². The molecule has 0 aliphatic carbocycles. The predicted octanol–water partition coefficient (Wildman–Crippen LogP) is 3.37. The number of nitrogens with zero attached hydrogens (tertiary/aromatic N) is 3. The van der Waals surface area contributed by atoms with E-state index >= 15 is 0 Å². The number of pyridine rings is 1. The molecule has 3 heterocycles. The normalized spacial score (nSPS) is 15.2. The summed E-state index contributed by atoms with van der Waals surface area (Å²) in [6.45, 7) is 4.94. The molecule has 9 heteroatoms. The van der Waals surface area contributed by atoms with Gasteiger partial charge < -0.3 is 19.7 Å². The van der Waals surface area contributed by atoms with Crippen LogP contribution in [0.4, 0.5) is 17.2 Å². The molecule has 1 fully saturated rings. The summed E-state index contributed by atoms with van der Waals surface area (Å²) in [4.78, 5) is 46.8. The summed E-state index contributed by atoms with van der Waals surface area (Å²) in [5, 5.41) is 2.89. The fraction of sp³-hybridized carbons (Fsp3) is 0.231. The molecule has 0 radical (unpaired) electrons. The van der Waals surface area contributed by atoms with Crippen LogP contribution in [0, 0.1) is 0 Å². The molecule has 0 spiro atoms. The molecule has 3 amide bonds. The van der Waals surface area contributed by atoms with E-state index in [-0.39, 0.29) is 16.7 Å². The van der Waals surface area contributed by atoms with Crippen molar-refractivity contribution in [1.29, 1.82) is 0 Å². The summed E-state index contributed by atoms with van der Waals surface area (Å²) in [5.41, 5.74) is 1.73. The van der Waals surface area contributed by atoms with Crippen LogP contribution in [-0.2, 0) is 4.74 Å². The van der Waals surface area contributed by atoms with E-state index in [9.17, 15) is 14.4 Å². The van der Waals surface area contributed by atoms with Gasteiger partial charge in [-0.05, 0) is 61.5 Å². The van der Waals surface area contributed by atoms with Gasteiger partial charge in [0.1, 0.15) is 5.75 Å². The molecule has 5 rings (SSSR count). The van der Waals surface area contributed by atoms with Crippen LogP contribution in [0.2, 0.25) is 0 Å². The summed E-state index contributed by atoms with van der Waals surface area (Å²) >= 11 is 0. The first-order valence-corrected chi connectivity index (χ1v) is 11.4. The zero-order valence-corrected chi connectivity index (χ0v) is 19.2. The van der Waals surface area contributed by atoms with Crippen molar-refractivity contribution < 1.29 is 23.9 Å². The van der Waals surface area contributed by atoms with Crippen LogP contribution >= 0.6 is 0 Å². The van der Waals surface area contributed by atoms with Crippen molar-refractivity contribution in [3.05, 3.63) is 77.5 Å². The number of carbonyl (C=O) groups excluding carboxylic acids is 3.